The van der Waals surface area contributed by atoms with Gasteiger partial charge in [-0.3, -0.25) is 28.9 Å². The van der Waals surface area contributed by atoms with Gasteiger partial charge in [-0.1, -0.05) is 30.3 Å². The predicted molar refractivity (Wildman–Crippen MR) is 143 cm³/mol. The Balaban J connectivity index is 1.73. The molecule has 11 heteroatoms. The summed E-state index contributed by atoms with van der Waals surface area (Å²) >= 11 is 0. The number of Topliss-reactive ketones (excluding diaryl/α,β-unsaturated/α-hetero) is 4. The molecule has 2 saturated carbocycles. The lowest BCUT2D eigenvalue weighted by Crippen LogP contribution is -2.77. The van der Waals surface area contributed by atoms with Crippen LogP contribution >= 0.6 is 0 Å². The number of hydrogen-bond donors (Lipinski definition) is 4. The van der Waals surface area contributed by atoms with Crippen LogP contribution in [0.4, 0.5) is 5.69 Å². The highest BCUT2D eigenvalue weighted by molar-refractivity contribution is 6.32. The molecule has 0 heterocycles. The van der Waals surface area contributed by atoms with Crippen molar-refractivity contribution in [1.82, 2.24) is 4.90 Å². The fraction of sp³-hybridized carbons (Fsp3) is 0.414. The Morgan fingerprint density at radius 1 is 1.02 bits per heavy atom. The lowest BCUT2D eigenvalue weighted by molar-refractivity contribution is -0.195. The highest BCUT2D eigenvalue weighted by atomic mass is 16.3. The van der Waals surface area contributed by atoms with Gasteiger partial charge >= 0.3 is 0 Å². The van der Waals surface area contributed by atoms with E-state index in [1.165, 1.54) is 19.0 Å². The van der Waals surface area contributed by atoms with Gasteiger partial charge < -0.3 is 26.0 Å². The standard InChI is InChI=1S/C29H31N3O8/c1-31(2)16-11-13(12-8-6-5-7-9-12)22(33)17-14(16)10-15-18(24(17)35)26(37)29(40)20(23(15)34)21(32(3)4)25(36)19(27(29)38)28(30)39/h5-9,11,15,18-21,23,33-34,40H,10H2,1-4H3,(H2,30,39)/t15-,18?,19?,20-,21+,23+,29+/m1/s1. The summed E-state index contributed by atoms with van der Waals surface area (Å²) in [5, 5.41) is 34.7. The molecule has 0 saturated heterocycles. The number of aromatic hydroxyl groups is 1. The van der Waals surface area contributed by atoms with Crippen molar-refractivity contribution in [1.29, 1.82) is 0 Å². The van der Waals surface area contributed by atoms with Crippen molar-refractivity contribution < 1.29 is 39.3 Å². The third-order valence-corrected chi connectivity index (χ3v) is 8.69. The van der Waals surface area contributed by atoms with E-state index >= 15 is 0 Å². The molecule has 7 atom stereocenters. The van der Waals surface area contributed by atoms with Gasteiger partial charge in [0.2, 0.25) is 5.91 Å². The zero-order chi connectivity index (χ0) is 29.4. The molecule has 5 N–H and O–H groups in total. The number of anilines is 1. The highest BCUT2D eigenvalue weighted by Crippen LogP contribution is 2.53. The molecule has 0 radical (unpaired) electrons. The quantitative estimate of drug-likeness (QED) is 0.366. The summed E-state index contributed by atoms with van der Waals surface area (Å²) in [6.07, 6.45) is -1.71. The van der Waals surface area contributed by atoms with E-state index < -0.39 is 70.5 Å². The molecule has 11 nitrogen and oxygen atoms in total. The molecule has 5 rings (SSSR count). The first-order chi connectivity index (χ1) is 18.7. The normalized spacial score (nSPS) is 31.5. The first-order valence-corrected chi connectivity index (χ1v) is 12.9. The van der Waals surface area contributed by atoms with Gasteiger partial charge in [-0.05, 0) is 37.7 Å². The number of amides is 1. The number of phenolic OH excluding ortho intramolecular Hbond substituents is 1. The number of phenols is 1. The van der Waals surface area contributed by atoms with E-state index in [0.29, 0.717) is 22.4 Å². The van der Waals surface area contributed by atoms with E-state index in [2.05, 4.69) is 0 Å². The van der Waals surface area contributed by atoms with E-state index in [4.69, 9.17) is 5.73 Å². The van der Waals surface area contributed by atoms with Gasteiger partial charge in [0, 0.05) is 31.3 Å². The van der Waals surface area contributed by atoms with Gasteiger partial charge in [-0.25, -0.2) is 0 Å². The number of carbonyl (C=O) groups excluding carboxylic acids is 5. The van der Waals surface area contributed by atoms with Crippen LogP contribution in [0, 0.1) is 23.7 Å². The number of hydrogen-bond acceptors (Lipinski definition) is 10. The number of carbonyl (C=O) groups is 5. The number of benzene rings is 2. The summed E-state index contributed by atoms with van der Waals surface area (Å²) < 4.78 is 0. The van der Waals surface area contributed by atoms with Crippen LogP contribution < -0.4 is 10.6 Å². The molecule has 0 bridgehead atoms. The first kappa shape index (κ1) is 27.6. The molecular formula is C29H31N3O8. The smallest absolute Gasteiger partial charge is 0.235 e. The maximum atomic E-state index is 14.1. The molecule has 0 aliphatic heterocycles. The van der Waals surface area contributed by atoms with Crippen molar-refractivity contribution in [2.75, 3.05) is 33.1 Å². The predicted octanol–water partition coefficient (Wildman–Crippen LogP) is -0.429. The third kappa shape index (κ3) is 3.58. The number of rotatable bonds is 4. The number of aliphatic hydroxyl groups is 2. The average Bonchev–Trinajstić information content (AvgIpc) is 2.88. The second-order valence-corrected chi connectivity index (χ2v) is 11.3. The number of ketones is 4. The van der Waals surface area contributed by atoms with E-state index in [-0.39, 0.29) is 17.7 Å². The second-order valence-electron chi connectivity index (χ2n) is 11.3. The van der Waals surface area contributed by atoms with Crippen LogP contribution in [0.25, 0.3) is 11.1 Å². The second kappa shape index (κ2) is 9.33. The summed E-state index contributed by atoms with van der Waals surface area (Å²) in [6.45, 7) is 0. The molecule has 40 heavy (non-hydrogen) atoms. The maximum absolute atomic E-state index is 14.1. The number of likely N-dealkylation sites (N-methyl/N-ethyl adjacent to an activating group) is 1. The van der Waals surface area contributed by atoms with Crippen molar-refractivity contribution in [3.05, 3.63) is 47.5 Å². The summed E-state index contributed by atoms with van der Waals surface area (Å²) in [5.74, 6) is -12.7. The van der Waals surface area contributed by atoms with Crippen molar-refractivity contribution >= 4 is 34.7 Å². The van der Waals surface area contributed by atoms with Crippen LogP contribution in [0.3, 0.4) is 0 Å². The number of nitrogens with two attached hydrogens (primary N) is 1. The van der Waals surface area contributed by atoms with Gasteiger partial charge in [-0.2, -0.15) is 0 Å². The van der Waals surface area contributed by atoms with Crippen LogP contribution in [-0.4, -0.2) is 95.2 Å². The summed E-state index contributed by atoms with van der Waals surface area (Å²) in [6, 6.07) is 9.16. The van der Waals surface area contributed by atoms with Crippen LogP contribution in [0.5, 0.6) is 5.75 Å². The van der Waals surface area contributed by atoms with E-state index in [1.807, 2.05) is 0 Å². The third-order valence-electron chi connectivity index (χ3n) is 8.69. The Hall–Kier alpha value is -3.93. The Morgan fingerprint density at radius 3 is 2.20 bits per heavy atom. The zero-order valence-electron chi connectivity index (χ0n) is 22.5. The summed E-state index contributed by atoms with van der Waals surface area (Å²) in [4.78, 5) is 70.1. The molecule has 2 aromatic rings. The van der Waals surface area contributed by atoms with Crippen LogP contribution in [0.1, 0.15) is 15.9 Å². The molecule has 2 fully saturated rings. The Kier molecular flexibility index (Phi) is 6.44. The SMILES string of the molecule is CN(C)c1cc(-c2ccccc2)c(O)c2c1C[C@@H]1C(C2=O)C(=O)[C@]2(O)C(=O)C(C(N)=O)C(=O)[C@@H](N(C)C)[C@@H]2[C@H]1O. The highest BCUT2D eigenvalue weighted by Gasteiger charge is 2.72. The molecule has 2 aromatic carbocycles. The minimum Gasteiger partial charge on any atom is -0.507 e. The van der Waals surface area contributed by atoms with Gasteiger partial charge in [-0.15, -0.1) is 0 Å². The van der Waals surface area contributed by atoms with E-state index in [9.17, 15) is 39.3 Å². The Morgan fingerprint density at radius 2 is 1.65 bits per heavy atom. The maximum Gasteiger partial charge on any atom is 0.235 e. The lowest BCUT2D eigenvalue weighted by atomic mass is 9.51. The number of primary amides is 1. The van der Waals surface area contributed by atoms with Crippen molar-refractivity contribution in [2.24, 2.45) is 29.4 Å². The molecule has 1 amide bonds. The Labute approximate surface area is 230 Å². The first-order valence-electron chi connectivity index (χ1n) is 12.9. The fourth-order valence-corrected chi connectivity index (χ4v) is 6.90. The van der Waals surface area contributed by atoms with Gasteiger partial charge in [0.15, 0.2) is 34.7 Å². The van der Waals surface area contributed by atoms with E-state index in [1.54, 1.807) is 55.4 Å². The minimum absolute atomic E-state index is 0.0524. The lowest BCUT2D eigenvalue weighted by Gasteiger charge is -2.54. The molecule has 210 valence electrons. The largest absolute Gasteiger partial charge is 0.507 e. The monoisotopic (exact) mass is 549 g/mol. The van der Waals surface area contributed by atoms with Crippen molar-refractivity contribution in [3.63, 3.8) is 0 Å². The number of fused-ring (bicyclic) bond motifs is 3. The van der Waals surface area contributed by atoms with Gasteiger partial charge in [0.25, 0.3) is 0 Å². The zero-order valence-corrected chi connectivity index (χ0v) is 22.5. The number of nitrogens with zero attached hydrogens (tertiary/aromatic N) is 2. The summed E-state index contributed by atoms with van der Waals surface area (Å²) in [5.41, 5.74) is 4.12. The molecule has 2 unspecified atom stereocenters. The van der Waals surface area contributed by atoms with Crippen molar-refractivity contribution in [2.45, 2.75) is 24.2 Å². The molecular weight excluding hydrogens is 518 g/mol. The van der Waals surface area contributed by atoms with E-state index in [0.717, 1.165) is 0 Å². The Bertz CT molecular complexity index is 1470. The molecule has 0 aromatic heterocycles. The average molecular weight is 550 g/mol. The van der Waals surface area contributed by atoms with Crippen LogP contribution in [-0.2, 0) is 25.6 Å². The fourth-order valence-electron chi connectivity index (χ4n) is 6.90. The van der Waals surface area contributed by atoms with Crippen LogP contribution in [0.15, 0.2) is 36.4 Å². The molecule has 3 aliphatic rings. The number of aliphatic hydroxyl groups excluding tert-OH is 1. The minimum atomic E-state index is -3.02. The molecule has 3 aliphatic carbocycles. The topological polar surface area (TPSA) is 179 Å². The molecule has 0 spiro atoms. The van der Waals surface area contributed by atoms with Gasteiger partial charge in [0.1, 0.15) is 5.75 Å². The summed E-state index contributed by atoms with van der Waals surface area (Å²) in [7, 11) is 6.41. The van der Waals surface area contributed by atoms with Crippen molar-refractivity contribution in [3.8, 4) is 16.9 Å². The van der Waals surface area contributed by atoms with Crippen LogP contribution in [0.2, 0.25) is 0 Å². The van der Waals surface area contributed by atoms with Gasteiger partial charge in [0.05, 0.1) is 29.5 Å².